The Hall–Kier alpha value is -3.02. The third-order valence-corrected chi connectivity index (χ3v) is 3.74. The second-order valence-electron chi connectivity index (χ2n) is 5.16. The second kappa shape index (κ2) is 8.19. The van der Waals surface area contributed by atoms with E-state index in [1.165, 1.54) is 28.4 Å². The molecule has 0 aliphatic rings. The van der Waals surface area contributed by atoms with Crippen LogP contribution in [0.2, 0.25) is 0 Å². The van der Waals surface area contributed by atoms with Gasteiger partial charge in [-0.3, -0.25) is 9.59 Å². The van der Waals surface area contributed by atoms with Crippen molar-refractivity contribution in [3.8, 4) is 23.0 Å². The Labute approximate surface area is 146 Å². The highest BCUT2D eigenvalue weighted by Crippen LogP contribution is 2.28. The molecule has 0 N–H and O–H groups in total. The van der Waals surface area contributed by atoms with Crippen LogP contribution < -0.4 is 18.9 Å². The summed E-state index contributed by atoms with van der Waals surface area (Å²) in [5.41, 5.74) is 0.647. The Kier molecular flexibility index (Phi) is 6.00. The summed E-state index contributed by atoms with van der Waals surface area (Å²) < 4.78 is 20.7. The van der Waals surface area contributed by atoms with Crippen LogP contribution in [-0.4, -0.2) is 40.0 Å². The summed E-state index contributed by atoms with van der Waals surface area (Å²) in [6.45, 7) is 0. The topological polar surface area (TPSA) is 71.1 Å². The fourth-order valence-electron chi connectivity index (χ4n) is 2.39. The summed E-state index contributed by atoms with van der Waals surface area (Å²) in [4.78, 5) is 25.0. The third-order valence-electron chi connectivity index (χ3n) is 3.74. The fraction of sp³-hybridized carbons (Fsp3) is 0.263. The largest absolute Gasteiger partial charge is 0.497 e. The van der Waals surface area contributed by atoms with Crippen molar-refractivity contribution in [2.45, 2.75) is 6.42 Å². The number of carbonyl (C=O) groups excluding carboxylic acids is 2. The molecule has 6 heteroatoms. The molecular formula is C19H20O6. The van der Waals surface area contributed by atoms with E-state index in [2.05, 4.69) is 0 Å². The average molecular weight is 344 g/mol. The number of hydrogen-bond donors (Lipinski definition) is 0. The first-order chi connectivity index (χ1) is 12.0. The van der Waals surface area contributed by atoms with Gasteiger partial charge < -0.3 is 18.9 Å². The quantitative estimate of drug-likeness (QED) is 0.541. The molecule has 2 rings (SSSR count). The van der Waals surface area contributed by atoms with Gasteiger partial charge in [0.1, 0.15) is 23.0 Å². The summed E-state index contributed by atoms with van der Waals surface area (Å²) in [6, 6.07) is 9.66. The molecule has 2 aromatic carbocycles. The van der Waals surface area contributed by atoms with E-state index < -0.39 is 0 Å². The summed E-state index contributed by atoms with van der Waals surface area (Å²) in [5.74, 6) is 1.16. The van der Waals surface area contributed by atoms with Crippen molar-refractivity contribution in [3.05, 3.63) is 47.5 Å². The van der Waals surface area contributed by atoms with Crippen LogP contribution in [0, 0.1) is 0 Å². The minimum absolute atomic E-state index is 0.300. The number of benzene rings is 2. The monoisotopic (exact) mass is 344 g/mol. The lowest BCUT2D eigenvalue weighted by atomic mass is 10.00. The molecule has 132 valence electrons. The predicted molar refractivity (Wildman–Crippen MR) is 92.4 cm³/mol. The molecule has 25 heavy (non-hydrogen) atoms. The van der Waals surface area contributed by atoms with E-state index >= 15 is 0 Å². The van der Waals surface area contributed by atoms with E-state index in [4.69, 9.17) is 18.9 Å². The lowest BCUT2D eigenvalue weighted by Crippen LogP contribution is -2.11. The van der Waals surface area contributed by atoms with Gasteiger partial charge in [-0.15, -0.1) is 0 Å². The van der Waals surface area contributed by atoms with Crippen LogP contribution in [-0.2, 0) is 0 Å². The molecule has 0 aliphatic heterocycles. The van der Waals surface area contributed by atoms with Crippen LogP contribution in [0.1, 0.15) is 27.1 Å². The molecule has 0 amide bonds. The van der Waals surface area contributed by atoms with Crippen LogP contribution >= 0.6 is 0 Å². The molecule has 0 radical (unpaired) electrons. The number of methoxy groups -OCH3 is 4. The van der Waals surface area contributed by atoms with Gasteiger partial charge in [-0.1, -0.05) is 0 Å². The molecule has 0 spiro atoms. The molecule has 0 aromatic heterocycles. The Bertz CT molecular complexity index is 716. The number of rotatable bonds is 8. The highest BCUT2D eigenvalue weighted by atomic mass is 16.5. The lowest BCUT2D eigenvalue weighted by Gasteiger charge is -2.11. The minimum Gasteiger partial charge on any atom is -0.497 e. The molecular weight excluding hydrogens is 324 g/mol. The molecule has 6 nitrogen and oxygen atoms in total. The van der Waals surface area contributed by atoms with E-state index in [0.717, 1.165) is 0 Å². The van der Waals surface area contributed by atoms with Crippen molar-refractivity contribution in [2.24, 2.45) is 0 Å². The van der Waals surface area contributed by atoms with Crippen LogP contribution in [0.15, 0.2) is 36.4 Å². The molecule has 0 fully saturated rings. The first-order valence-corrected chi connectivity index (χ1v) is 7.54. The van der Waals surface area contributed by atoms with Crippen LogP contribution in [0.3, 0.4) is 0 Å². The van der Waals surface area contributed by atoms with Gasteiger partial charge in [0.15, 0.2) is 11.6 Å². The van der Waals surface area contributed by atoms with Crippen LogP contribution in [0.25, 0.3) is 0 Å². The molecule has 0 bridgehead atoms. The van der Waals surface area contributed by atoms with E-state index in [1.807, 2.05) is 0 Å². The molecule has 0 heterocycles. The lowest BCUT2D eigenvalue weighted by molar-refractivity contribution is 0.0891. The van der Waals surface area contributed by atoms with Crippen molar-refractivity contribution in [2.75, 3.05) is 28.4 Å². The molecule has 0 saturated heterocycles. The minimum atomic E-state index is -0.345. The van der Waals surface area contributed by atoms with Crippen molar-refractivity contribution in [1.82, 2.24) is 0 Å². The van der Waals surface area contributed by atoms with Gasteiger partial charge in [-0.2, -0.15) is 0 Å². The zero-order valence-corrected chi connectivity index (χ0v) is 14.6. The smallest absolute Gasteiger partial charge is 0.174 e. The van der Waals surface area contributed by atoms with Gasteiger partial charge in [0.25, 0.3) is 0 Å². The molecule has 0 unspecified atom stereocenters. The number of Topliss-reactive ketones (excluding diaryl/α,β-unsaturated/α-hetero) is 2. The highest BCUT2D eigenvalue weighted by Gasteiger charge is 2.20. The third kappa shape index (κ3) is 4.09. The number of carbonyl (C=O) groups is 2. The summed E-state index contributed by atoms with van der Waals surface area (Å²) in [5, 5.41) is 0. The fourth-order valence-corrected chi connectivity index (χ4v) is 2.39. The van der Waals surface area contributed by atoms with Gasteiger partial charge in [0.05, 0.1) is 46.0 Å². The standard InChI is InChI=1S/C19H20O6/c1-22-12-5-7-14(18(9-12)24-3)16(20)11-17(21)15-8-6-13(23-2)10-19(15)25-4/h5-10H,11H2,1-4H3. The van der Waals surface area contributed by atoms with Gasteiger partial charge in [0.2, 0.25) is 0 Å². The first-order valence-electron chi connectivity index (χ1n) is 7.54. The van der Waals surface area contributed by atoms with E-state index in [0.29, 0.717) is 34.1 Å². The molecule has 0 atom stereocenters. The van der Waals surface area contributed by atoms with Crippen LogP contribution in [0.4, 0.5) is 0 Å². The zero-order valence-electron chi connectivity index (χ0n) is 14.6. The Morgan fingerprint density at radius 2 is 1.08 bits per heavy atom. The number of ketones is 2. The van der Waals surface area contributed by atoms with E-state index in [1.54, 1.807) is 36.4 Å². The maximum Gasteiger partial charge on any atom is 0.174 e. The highest BCUT2D eigenvalue weighted by molar-refractivity contribution is 6.15. The SMILES string of the molecule is COc1ccc(C(=O)CC(=O)c2ccc(OC)cc2OC)c(OC)c1. The maximum absolute atomic E-state index is 12.5. The number of ether oxygens (including phenoxy) is 4. The Balaban J connectivity index is 2.25. The van der Waals surface area contributed by atoms with Gasteiger partial charge in [-0.25, -0.2) is 0 Å². The Morgan fingerprint density at radius 3 is 1.40 bits per heavy atom. The summed E-state index contributed by atoms with van der Waals surface area (Å²) in [7, 11) is 5.96. The van der Waals surface area contributed by atoms with E-state index in [9.17, 15) is 9.59 Å². The van der Waals surface area contributed by atoms with Crippen molar-refractivity contribution in [1.29, 1.82) is 0 Å². The molecule has 0 aliphatic carbocycles. The van der Waals surface area contributed by atoms with Crippen LogP contribution in [0.5, 0.6) is 23.0 Å². The van der Waals surface area contributed by atoms with Gasteiger partial charge in [0, 0.05) is 12.1 Å². The maximum atomic E-state index is 12.5. The van der Waals surface area contributed by atoms with Crippen molar-refractivity contribution >= 4 is 11.6 Å². The number of hydrogen-bond acceptors (Lipinski definition) is 6. The first kappa shape index (κ1) is 18.3. The molecule has 0 saturated carbocycles. The van der Waals surface area contributed by atoms with E-state index in [-0.39, 0.29) is 18.0 Å². The second-order valence-corrected chi connectivity index (χ2v) is 5.16. The van der Waals surface area contributed by atoms with Gasteiger partial charge >= 0.3 is 0 Å². The Morgan fingerprint density at radius 1 is 0.680 bits per heavy atom. The van der Waals surface area contributed by atoms with Crippen molar-refractivity contribution < 1.29 is 28.5 Å². The summed E-state index contributed by atoms with van der Waals surface area (Å²) in [6.07, 6.45) is -0.300. The van der Waals surface area contributed by atoms with Gasteiger partial charge in [-0.05, 0) is 24.3 Å². The summed E-state index contributed by atoms with van der Waals surface area (Å²) >= 11 is 0. The molecule has 2 aromatic rings. The predicted octanol–water partition coefficient (Wildman–Crippen LogP) is 3.18. The van der Waals surface area contributed by atoms with Crippen molar-refractivity contribution in [3.63, 3.8) is 0 Å². The zero-order chi connectivity index (χ0) is 18.4. The average Bonchev–Trinajstić information content (AvgIpc) is 2.66. The normalized spacial score (nSPS) is 10.1.